The number of nitrogens with zero attached hydrogens (tertiary/aromatic N) is 4. The van der Waals surface area contributed by atoms with Crippen LogP contribution in [0, 0.1) is 0 Å². The standard InChI is InChI=1S/C15H24N5O7P/c1-2-3-4-5-25-28(23,24)26-6-9-11(21)12(22)15(27-9)20-8-19-10-13(16)17-7-18-14(10)20/h7-9,11-12,15,21-22H,2-6H2,1H3,(H,23,24)(H2,16,17,18)/t9-,11-,12-,15-/m1/s1. The number of nitrogen functional groups attached to an aromatic ring is 1. The Morgan fingerprint density at radius 1 is 1.25 bits per heavy atom. The van der Waals surface area contributed by atoms with Gasteiger partial charge in [0.05, 0.1) is 19.5 Å². The van der Waals surface area contributed by atoms with E-state index < -0.39 is 39.0 Å². The molecule has 0 bridgehead atoms. The molecule has 0 saturated carbocycles. The number of ether oxygens (including phenoxy) is 1. The Hall–Kier alpha value is -1.66. The number of aliphatic hydroxyl groups is 2. The van der Waals surface area contributed by atoms with Crippen LogP contribution in [0.15, 0.2) is 12.7 Å². The van der Waals surface area contributed by atoms with Crippen LogP contribution in [-0.2, 0) is 18.3 Å². The fraction of sp³-hybridized carbons (Fsp3) is 0.667. The summed E-state index contributed by atoms with van der Waals surface area (Å²) in [5.74, 6) is 0.165. The van der Waals surface area contributed by atoms with Crippen molar-refractivity contribution in [2.45, 2.75) is 50.7 Å². The van der Waals surface area contributed by atoms with Crippen molar-refractivity contribution in [2.24, 2.45) is 0 Å². The zero-order valence-electron chi connectivity index (χ0n) is 15.3. The number of nitrogens with two attached hydrogens (primary N) is 1. The first-order valence-electron chi connectivity index (χ1n) is 8.90. The number of phosphoric acid groups is 1. The Balaban J connectivity index is 1.64. The van der Waals surface area contributed by atoms with Crippen molar-refractivity contribution < 1.29 is 33.5 Å². The monoisotopic (exact) mass is 417 g/mol. The van der Waals surface area contributed by atoms with Gasteiger partial charge in [0, 0.05) is 0 Å². The fourth-order valence-corrected chi connectivity index (χ4v) is 3.66. The van der Waals surface area contributed by atoms with E-state index >= 15 is 0 Å². The molecule has 0 aliphatic carbocycles. The van der Waals surface area contributed by atoms with E-state index in [9.17, 15) is 19.7 Å². The average Bonchev–Trinajstić information content (AvgIpc) is 3.20. The molecule has 0 amide bonds. The zero-order chi connectivity index (χ0) is 20.3. The molecule has 1 fully saturated rings. The van der Waals surface area contributed by atoms with Gasteiger partial charge >= 0.3 is 7.82 Å². The first-order valence-corrected chi connectivity index (χ1v) is 10.4. The van der Waals surface area contributed by atoms with Gasteiger partial charge in [0.2, 0.25) is 0 Å². The highest BCUT2D eigenvalue weighted by molar-refractivity contribution is 7.47. The molecule has 1 aliphatic heterocycles. The molecule has 156 valence electrons. The van der Waals surface area contributed by atoms with E-state index in [4.69, 9.17) is 19.5 Å². The molecule has 5 atom stereocenters. The number of aliphatic hydroxyl groups excluding tert-OH is 2. The number of hydrogen-bond donors (Lipinski definition) is 4. The van der Waals surface area contributed by atoms with Gasteiger partial charge in [-0.1, -0.05) is 19.8 Å². The van der Waals surface area contributed by atoms with Gasteiger partial charge in [0.15, 0.2) is 17.7 Å². The Bertz CT molecular complexity index is 849. The fourth-order valence-electron chi connectivity index (χ4n) is 2.89. The van der Waals surface area contributed by atoms with Gasteiger partial charge in [-0.2, -0.15) is 0 Å². The van der Waals surface area contributed by atoms with Crippen LogP contribution < -0.4 is 5.73 Å². The highest BCUT2D eigenvalue weighted by Gasteiger charge is 2.45. The minimum Gasteiger partial charge on any atom is -0.387 e. The molecule has 28 heavy (non-hydrogen) atoms. The molecule has 3 rings (SSSR count). The van der Waals surface area contributed by atoms with Crippen molar-refractivity contribution in [3.05, 3.63) is 12.7 Å². The first-order chi connectivity index (χ1) is 13.3. The van der Waals surface area contributed by atoms with Crippen molar-refractivity contribution in [3.8, 4) is 0 Å². The summed E-state index contributed by atoms with van der Waals surface area (Å²) in [6.45, 7) is 1.64. The molecule has 3 heterocycles. The molecule has 1 aliphatic rings. The molecule has 0 radical (unpaired) electrons. The Morgan fingerprint density at radius 3 is 2.79 bits per heavy atom. The van der Waals surface area contributed by atoms with Gasteiger partial charge in [-0.3, -0.25) is 13.6 Å². The maximum Gasteiger partial charge on any atom is 0.472 e. The lowest BCUT2D eigenvalue weighted by Crippen LogP contribution is -2.33. The molecular formula is C15H24N5O7P. The van der Waals surface area contributed by atoms with Crippen LogP contribution in [0.5, 0.6) is 0 Å². The lowest BCUT2D eigenvalue weighted by atomic mass is 10.1. The number of anilines is 1. The number of imidazole rings is 1. The topological polar surface area (TPSA) is 175 Å². The van der Waals surface area contributed by atoms with Crippen molar-refractivity contribution in [1.82, 2.24) is 19.5 Å². The third kappa shape index (κ3) is 4.49. The number of aromatic nitrogens is 4. The van der Waals surface area contributed by atoms with Crippen LogP contribution in [-0.4, -0.2) is 66.2 Å². The third-order valence-electron chi connectivity index (χ3n) is 4.40. The van der Waals surface area contributed by atoms with E-state index in [2.05, 4.69) is 15.0 Å². The van der Waals surface area contributed by atoms with Crippen LogP contribution in [0.4, 0.5) is 5.82 Å². The molecule has 1 unspecified atom stereocenters. The number of fused-ring (bicyclic) bond motifs is 1. The molecule has 2 aromatic heterocycles. The minimum atomic E-state index is -4.29. The normalized spacial score (nSPS) is 27.3. The summed E-state index contributed by atoms with van der Waals surface area (Å²) in [5, 5.41) is 20.6. The Kier molecular flexibility index (Phi) is 6.61. The smallest absolute Gasteiger partial charge is 0.387 e. The second-order valence-corrected chi connectivity index (χ2v) is 7.89. The predicted octanol–water partition coefficient (Wildman–Crippen LogP) is 0.351. The molecule has 12 nitrogen and oxygen atoms in total. The highest BCUT2D eigenvalue weighted by atomic mass is 31.2. The predicted molar refractivity (Wildman–Crippen MR) is 96.9 cm³/mol. The largest absolute Gasteiger partial charge is 0.472 e. The zero-order valence-corrected chi connectivity index (χ0v) is 16.2. The van der Waals surface area contributed by atoms with E-state index in [1.807, 2.05) is 6.92 Å². The first kappa shape index (κ1) is 21.1. The molecule has 2 aromatic rings. The minimum absolute atomic E-state index is 0.0864. The van der Waals surface area contributed by atoms with E-state index in [1.54, 1.807) is 0 Å². The number of hydrogen-bond acceptors (Lipinski definition) is 10. The van der Waals surface area contributed by atoms with Gasteiger partial charge in [0.25, 0.3) is 0 Å². The van der Waals surface area contributed by atoms with Crippen LogP contribution in [0.25, 0.3) is 11.2 Å². The number of unbranched alkanes of at least 4 members (excludes halogenated alkanes) is 2. The van der Waals surface area contributed by atoms with Crippen molar-refractivity contribution in [3.63, 3.8) is 0 Å². The van der Waals surface area contributed by atoms with Gasteiger partial charge in [-0.15, -0.1) is 0 Å². The van der Waals surface area contributed by atoms with Crippen LogP contribution in [0.3, 0.4) is 0 Å². The van der Waals surface area contributed by atoms with Crippen LogP contribution in [0.2, 0.25) is 0 Å². The van der Waals surface area contributed by atoms with Gasteiger partial charge < -0.3 is 25.6 Å². The van der Waals surface area contributed by atoms with Gasteiger partial charge in [0.1, 0.15) is 30.2 Å². The second-order valence-electron chi connectivity index (χ2n) is 6.43. The molecule has 1 saturated heterocycles. The maximum absolute atomic E-state index is 11.9. The molecular weight excluding hydrogens is 393 g/mol. The molecule has 0 spiro atoms. The molecule has 5 N–H and O–H groups in total. The maximum atomic E-state index is 11.9. The molecule has 13 heteroatoms. The average molecular weight is 417 g/mol. The number of phosphoric ester groups is 1. The van der Waals surface area contributed by atoms with Crippen molar-refractivity contribution >= 4 is 24.8 Å². The van der Waals surface area contributed by atoms with E-state index in [-0.39, 0.29) is 12.4 Å². The van der Waals surface area contributed by atoms with Gasteiger partial charge in [-0.05, 0) is 6.42 Å². The van der Waals surface area contributed by atoms with Crippen LogP contribution in [0.1, 0.15) is 32.4 Å². The third-order valence-corrected chi connectivity index (χ3v) is 5.39. The SMILES string of the molecule is CCCCCOP(=O)(O)OC[C@H]1O[C@@H](n2cnc3c(N)ncnc32)[C@H](O)[C@@H]1O. The van der Waals surface area contributed by atoms with Crippen molar-refractivity contribution in [2.75, 3.05) is 18.9 Å². The van der Waals surface area contributed by atoms with Crippen LogP contribution >= 0.6 is 7.82 Å². The highest BCUT2D eigenvalue weighted by Crippen LogP contribution is 2.44. The van der Waals surface area contributed by atoms with E-state index in [1.165, 1.54) is 17.2 Å². The summed E-state index contributed by atoms with van der Waals surface area (Å²) >= 11 is 0. The van der Waals surface area contributed by atoms with E-state index in [0.717, 1.165) is 12.8 Å². The number of rotatable bonds is 9. The summed E-state index contributed by atoms with van der Waals surface area (Å²) in [7, 11) is -4.29. The summed E-state index contributed by atoms with van der Waals surface area (Å²) in [6.07, 6.45) is 0.244. The second kappa shape index (κ2) is 8.78. The van der Waals surface area contributed by atoms with E-state index in [0.29, 0.717) is 17.6 Å². The quantitative estimate of drug-likeness (QED) is 0.327. The Morgan fingerprint density at radius 2 is 2.04 bits per heavy atom. The summed E-state index contributed by atoms with van der Waals surface area (Å²) < 4.78 is 28.7. The van der Waals surface area contributed by atoms with Crippen molar-refractivity contribution in [1.29, 1.82) is 0 Å². The Labute approximate surface area is 160 Å². The lowest BCUT2D eigenvalue weighted by Gasteiger charge is -2.17. The summed E-state index contributed by atoms with van der Waals surface area (Å²) in [6, 6.07) is 0. The van der Waals surface area contributed by atoms with Gasteiger partial charge in [-0.25, -0.2) is 19.5 Å². The summed E-state index contributed by atoms with van der Waals surface area (Å²) in [5.41, 5.74) is 6.38. The lowest BCUT2D eigenvalue weighted by molar-refractivity contribution is -0.0514. The summed E-state index contributed by atoms with van der Waals surface area (Å²) in [4.78, 5) is 21.7. The molecule has 0 aromatic carbocycles.